The Morgan fingerprint density at radius 1 is 1.14 bits per heavy atom. The number of carbonyl (C=O) groups is 3. The largest absolute Gasteiger partial charge is 0.465 e. The second-order valence-electron chi connectivity index (χ2n) is 5.80. The van der Waals surface area contributed by atoms with E-state index in [9.17, 15) is 14.4 Å². The Labute approximate surface area is 166 Å². The molecule has 0 bridgehead atoms. The zero-order valence-corrected chi connectivity index (χ0v) is 16.6. The van der Waals surface area contributed by atoms with Crippen molar-refractivity contribution in [3.63, 3.8) is 0 Å². The topological polar surface area (TPSA) is 114 Å². The number of methoxy groups -OCH3 is 1. The number of thiophene rings is 1. The van der Waals surface area contributed by atoms with Gasteiger partial charge in [-0.3, -0.25) is 4.79 Å². The van der Waals surface area contributed by atoms with E-state index in [0.29, 0.717) is 16.3 Å². The average molecular weight is 406 g/mol. The highest BCUT2D eigenvalue weighted by Gasteiger charge is 2.22. The molecule has 9 heteroatoms. The van der Waals surface area contributed by atoms with Crippen LogP contribution in [-0.4, -0.2) is 49.8 Å². The molecule has 2 rings (SSSR count). The van der Waals surface area contributed by atoms with Crippen LogP contribution >= 0.6 is 11.3 Å². The molecule has 1 aromatic carbocycles. The van der Waals surface area contributed by atoms with E-state index in [1.165, 1.54) is 18.4 Å². The lowest BCUT2D eigenvalue weighted by Crippen LogP contribution is -2.22. The fourth-order valence-electron chi connectivity index (χ4n) is 2.44. The molecular weight excluding hydrogens is 384 g/mol. The molecule has 0 saturated heterocycles. The van der Waals surface area contributed by atoms with Crippen molar-refractivity contribution in [2.45, 2.75) is 13.8 Å². The van der Waals surface area contributed by atoms with Crippen LogP contribution in [0.4, 0.5) is 10.7 Å². The lowest BCUT2D eigenvalue weighted by molar-refractivity contribution is -0.119. The van der Waals surface area contributed by atoms with Gasteiger partial charge in [0, 0.05) is 17.1 Å². The highest BCUT2D eigenvalue weighted by atomic mass is 32.1. The summed E-state index contributed by atoms with van der Waals surface area (Å²) in [6, 6.07) is 6.63. The van der Waals surface area contributed by atoms with E-state index in [4.69, 9.17) is 14.6 Å². The van der Waals surface area contributed by atoms with Crippen LogP contribution in [0.15, 0.2) is 24.3 Å². The third-order valence-corrected chi connectivity index (χ3v) is 5.06. The number of ether oxygens (including phenoxy) is 2. The van der Waals surface area contributed by atoms with Crippen molar-refractivity contribution in [1.82, 2.24) is 0 Å². The number of hydrogen-bond donors (Lipinski definition) is 3. The van der Waals surface area contributed by atoms with Crippen LogP contribution in [-0.2, 0) is 14.3 Å². The average Bonchev–Trinajstić information content (AvgIpc) is 2.97. The van der Waals surface area contributed by atoms with E-state index in [2.05, 4.69) is 10.6 Å². The number of aliphatic hydroxyl groups is 1. The van der Waals surface area contributed by atoms with Gasteiger partial charge in [0.1, 0.15) is 5.00 Å². The number of benzene rings is 1. The van der Waals surface area contributed by atoms with E-state index < -0.39 is 24.5 Å². The minimum Gasteiger partial charge on any atom is -0.465 e. The monoisotopic (exact) mass is 406 g/mol. The molecule has 2 aromatic rings. The second-order valence-corrected chi connectivity index (χ2v) is 7.02. The number of carbonyl (C=O) groups excluding carboxylic acids is 3. The van der Waals surface area contributed by atoms with E-state index in [0.717, 1.165) is 10.4 Å². The number of nitrogens with one attached hydrogen (secondary N) is 2. The zero-order chi connectivity index (χ0) is 20.7. The van der Waals surface area contributed by atoms with Gasteiger partial charge in [0.15, 0.2) is 6.61 Å². The van der Waals surface area contributed by atoms with Gasteiger partial charge in [0.25, 0.3) is 5.91 Å². The Hall–Kier alpha value is -2.91. The van der Waals surface area contributed by atoms with Gasteiger partial charge in [-0.2, -0.15) is 0 Å². The van der Waals surface area contributed by atoms with Gasteiger partial charge < -0.3 is 25.2 Å². The number of aryl methyl sites for hydroxylation is 1. The molecule has 1 heterocycles. The van der Waals surface area contributed by atoms with Crippen molar-refractivity contribution in [2.24, 2.45) is 0 Å². The summed E-state index contributed by atoms with van der Waals surface area (Å²) in [5, 5.41) is 14.8. The molecule has 28 heavy (non-hydrogen) atoms. The van der Waals surface area contributed by atoms with Crippen LogP contribution in [0.3, 0.4) is 0 Å². The molecule has 0 fully saturated rings. The van der Waals surface area contributed by atoms with Gasteiger partial charge in [0.05, 0.1) is 24.8 Å². The molecule has 0 aliphatic rings. The van der Waals surface area contributed by atoms with Crippen molar-refractivity contribution >= 4 is 39.9 Å². The molecule has 0 spiro atoms. The molecule has 0 aliphatic carbocycles. The smallest absolute Gasteiger partial charge is 0.341 e. The SMILES string of the molecule is COC(=O)c1c(NC(=O)COC(=O)c2ccccc2NCCO)sc(C)c1C. The summed E-state index contributed by atoms with van der Waals surface area (Å²) in [4.78, 5) is 37.3. The van der Waals surface area contributed by atoms with Crippen molar-refractivity contribution in [1.29, 1.82) is 0 Å². The van der Waals surface area contributed by atoms with Crippen LogP contribution in [0.1, 0.15) is 31.2 Å². The number of rotatable bonds is 8. The number of esters is 2. The summed E-state index contributed by atoms with van der Waals surface area (Å²) < 4.78 is 9.84. The molecule has 0 unspecified atom stereocenters. The second kappa shape index (κ2) is 9.86. The first kappa shape index (κ1) is 21.4. The van der Waals surface area contributed by atoms with E-state index in [1.807, 2.05) is 6.92 Å². The van der Waals surface area contributed by atoms with E-state index >= 15 is 0 Å². The standard InChI is InChI=1S/C19H22N2O6S/c1-11-12(2)28-17(16(11)19(25)26-3)21-15(23)10-27-18(24)13-6-4-5-7-14(13)20-8-9-22/h4-7,20,22H,8-10H2,1-3H3,(H,21,23). The Morgan fingerprint density at radius 2 is 1.86 bits per heavy atom. The maximum atomic E-state index is 12.3. The molecule has 150 valence electrons. The molecule has 0 aliphatic heterocycles. The Morgan fingerprint density at radius 3 is 2.54 bits per heavy atom. The number of aliphatic hydroxyl groups excluding tert-OH is 1. The summed E-state index contributed by atoms with van der Waals surface area (Å²) >= 11 is 1.25. The van der Waals surface area contributed by atoms with Crippen LogP contribution in [0, 0.1) is 13.8 Å². The maximum Gasteiger partial charge on any atom is 0.341 e. The fraction of sp³-hybridized carbons (Fsp3) is 0.316. The summed E-state index contributed by atoms with van der Waals surface area (Å²) in [6.45, 7) is 3.28. The number of para-hydroxylation sites is 1. The predicted octanol–water partition coefficient (Wildman–Crippen LogP) is 2.35. The van der Waals surface area contributed by atoms with E-state index in [1.54, 1.807) is 31.2 Å². The van der Waals surface area contributed by atoms with Crippen molar-refractivity contribution in [3.8, 4) is 0 Å². The molecule has 0 saturated carbocycles. The lowest BCUT2D eigenvalue weighted by atomic mass is 10.1. The van der Waals surface area contributed by atoms with Gasteiger partial charge in [-0.25, -0.2) is 9.59 Å². The highest BCUT2D eigenvalue weighted by molar-refractivity contribution is 7.16. The van der Waals surface area contributed by atoms with Gasteiger partial charge in [-0.1, -0.05) is 12.1 Å². The quantitative estimate of drug-likeness (QED) is 0.577. The first-order chi connectivity index (χ1) is 13.4. The number of anilines is 2. The van der Waals surface area contributed by atoms with Crippen molar-refractivity contribution < 1.29 is 29.0 Å². The molecule has 0 radical (unpaired) electrons. The van der Waals surface area contributed by atoms with Crippen LogP contribution in [0.2, 0.25) is 0 Å². The van der Waals surface area contributed by atoms with Gasteiger partial charge in [-0.15, -0.1) is 11.3 Å². The molecule has 8 nitrogen and oxygen atoms in total. The maximum absolute atomic E-state index is 12.3. The molecule has 1 aromatic heterocycles. The van der Waals surface area contributed by atoms with Crippen LogP contribution < -0.4 is 10.6 Å². The Balaban J connectivity index is 2.03. The third kappa shape index (κ3) is 5.08. The summed E-state index contributed by atoms with van der Waals surface area (Å²) in [7, 11) is 1.27. The molecule has 1 amide bonds. The van der Waals surface area contributed by atoms with Gasteiger partial charge in [-0.05, 0) is 31.5 Å². The van der Waals surface area contributed by atoms with Crippen molar-refractivity contribution in [2.75, 3.05) is 37.5 Å². The fourth-order valence-corrected chi connectivity index (χ4v) is 3.50. The molecule has 3 N–H and O–H groups in total. The third-order valence-electron chi connectivity index (χ3n) is 3.94. The van der Waals surface area contributed by atoms with Gasteiger partial charge >= 0.3 is 11.9 Å². The normalized spacial score (nSPS) is 10.3. The number of amides is 1. The zero-order valence-electron chi connectivity index (χ0n) is 15.8. The van der Waals surface area contributed by atoms with Crippen LogP contribution in [0.25, 0.3) is 0 Å². The molecule has 0 atom stereocenters. The highest BCUT2D eigenvalue weighted by Crippen LogP contribution is 2.32. The first-order valence-electron chi connectivity index (χ1n) is 8.48. The molecular formula is C19H22N2O6S. The minimum absolute atomic E-state index is 0.0893. The lowest BCUT2D eigenvalue weighted by Gasteiger charge is -2.11. The summed E-state index contributed by atoms with van der Waals surface area (Å²) in [6.07, 6.45) is 0. The van der Waals surface area contributed by atoms with Crippen LogP contribution in [0.5, 0.6) is 0 Å². The summed E-state index contributed by atoms with van der Waals surface area (Å²) in [5.41, 5.74) is 1.78. The van der Waals surface area contributed by atoms with Gasteiger partial charge in [0.2, 0.25) is 0 Å². The van der Waals surface area contributed by atoms with E-state index in [-0.39, 0.29) is 18.7 Å². The Kier molecular flexibility index (Phi) is 7.53. The number of hydrogen-bond acceptors (Lipinski definition) is 8. The predicted molar refractivity (Wildman–Crippen MR) is 106 cm³/mol. The van der Waals surface area contributed by atoms with Crippen molar-refractivity contribution in [3.05, 3.63) is 45.8 Å². The first-order valence-corrected chi connectivity index (χ1v) is 9.29. The Bertz CT molecular complexity index is 877. The minimum atomic E-state index is -0.678. The summed E-state index contributed by atoms with van der Waals surface area (Å²) in [5.74, 6) is -1.79.